The Bertz CT molecular complexity index is 818. The van der Waals surface area contributed by atoms with Crippen LogP contribution in [0, 0.1) is 0 Å². The highest BCUT2D eigenvalue weighted by Gasteiger charge is 2.28. The second-order valence-electron chi connectivity index (χ2n) is 6.68. The molecule has 2 aliphatic rings. The minimum absolute atomic E-state index is 0.0368. The number of amides is 1. The molecule has 0 radical (unpaired) electrons. The van der Waals surface area contributed by atoms with Crippen molar-refractivity contribution in [3.05, 3.63) is 45.5 Å². The van der Waals surface area contributed by atoms with Gasteiger partial charge in [0.25, 0.3) is 0 Å². The molecule has 1 saturated heterocycles. The van der Waals surface area contributed by atoms with Gasteiger partial charge < -0.3 is 14.2 Å². The van der Waals surface area contributed by atoms with Gasteiger partial charge in [0.05, 0.1) is 16.5 Å². The van der Waals surface area contributed by atoms with E-state index < -0.39 is 0 Å². The molecule has 1 aromatic carbocycles. The highest BCUT2D eigenvalue weighted by molar-refractivity contribution is 6.42. The molecule has 0 aliphatic carbocycles. The van der Waals surface area contributed by atoms with Crippen molar-refractivity contribution in [2.24, 2.45) is 0 Å². The van der Waals surface area contributed by atoms with Crippen LogP contribution < -0.4 is 0 Å². The van der Waals surface area contributed by atoms with Crippen molar-refractivity contribution in [1.82, 2.24) is 19.7 Å². The van der Waals surface area contributed by atoms with Crippen LogP contribution >= 0.6 is 23.2 Å². The molecule has 1 atom stereocenters. The summed E-state index contributed by atoms with van der Waals surface area (Å²) in [6.07, 6.45) is 3.09. The maximum absolute atomic E-state index is 12.7. The standard InChI is InChI=1S/C18H20Cl2N4O2/c19-13-4-3-12(10-14(13)20)11-17(25)23-6-5-16-21-22-18(24(16)8-7-23)15-2-1-9-26-15/h3-4,10,15H,1-2,5-9,11H2. The number of benzene rings is 1. The molecule has 26 heavy (non-hydrogen) atoms. The first-order valence-corrected chi connectivity index (χ1v) is 9.62. The number of nitrogens with zero attached hydrogens (tertiary/aromatic N) is 4. The average Bonchev–Trinajstić information content (AvgIpc) is 3.23. The van der Waals surface area contributed by atoms with E-state index in [4.69, 9.17) is 27.9 Å². The zero-order chi connectivity index (χ0) is 18.1. The van der Waals surface area contributed by atoms with E-state index in [0.717, 1.165) is 36.7 Å². The number of fused-ring (bicyclic) bond motifs is 1. The Morgan fingerprint density at radius 3 is 2.85 bits per heavy atom. The van der Waals surface area contributed by atoms with Gasteiger partial charge in [-0.1, -0.05) is 29.3 Å². The number of rotatable bonds is 3. The van der Waals surface area contributed by atoms with Gasteiger partial charge in [0, 0.05) is 32.7 Å². The Labute approximate surface area is 162 Å². The number of hydrogen-bond acceptors (Lipinski definition) is 4. The number of hydrogen-bond donors (Lipinski definition) is 0. The van der Waals surface area contributed by atoms with Gasteiger partial charge in [-0.05, 0) is 30.5 Å². The molecular weight excluding hydrogens is 375 g/mol. The zero-order valence-corrected chi connectivity index (χ0v) is 15.8. The number of aromatic nitrogens is 3. The van der Waals surface area contributed by atoms with Crippen LogP contribution in [-0.4, -0.2) is 45.3 Å². The van der Waals surface area contributed by atoms with Crippen molar-refractivity contribution >= 4 is 29.1 Å². The average molecular weight is 395 g/mol. The minimum atomic E-state index is 0.0368. The van der Waals surface area contributed by atoms with E-state index in [-0.39, 0.29) is 12.0 Å². The van der Waals surface area contributed by atoms with Crippen LogP contribution in [0.1, 0.15) is 36.2 Å². The van der Waals surface area contributed by atoms with Gasteiger partial charge in [-0.15, -0.1) is 10.2 Å². The summed E-state index contributed by atoms with van der Waals surface area (Å²) >= 11 is 12.0. The Kier molecular flexibility index (Phi) is 5.16. The van der Waals surface area contributed by atoms with E-state index in [1.54, 1.807) is 12.1 Å². The van der Waals surface area contributed by atoms with Crippen molar-refractivity contribution in [2.75, 3.05) is 19.7 Å². The lowest BCUT2D eigenvalue weighted by Crippen LogP contribution is -2.35. The molecule has 3 heterocycles. The summed E-state index contributed by atoms with van der Waals surface area (Å²) in [4.78, 5) is 14.6. The normalized spacial score (nSPS) is 20.1. The van der Waals surface area contributed by atoms with Crippen LogP contribution in [0.4, 0.5) is 0 Å². The number of carbonyl (C=O) groups excluding carboxylic acids is 1. The molecule has 6 nitrogen and oxygen atoms in total. The predicted molar refractivity (Wildman–Crippen MR) is 98.4 cm³/mol. The molecule has 0 saturated carbocycles. The Morgan fingerprint density at radius 1 is 1.19 bits per heavy atom. The molecule has 1 amide bonds. The van der Waals surface area contributed by atoms with Crippen molar-refractivity contribution < 1.29 is 9.53 Å². The summed E-state index contributed by atoms with van der Waals surface area (Å²) in [5.74, 6) is 1.91. The maximum atomic E-state index is 12.7. The second-order valence-corrected chi connectivity index (χ2v) is 7.50. The van der Waals surface area contributed by atoms with Crippen LogP contribution in [0.25, 0.3) is 0 Å². The van der Waals surface area contributed by atoms with Gasteiger partial charge in [-0.3, -0.25) is 4.79 Å². The van der Waals surface area contributed by atoms with Crippen LogP contribution in [0.3, 0.4) is 0 Å². The van der Waals surface area contributed by atoms with Crippen LogP contribution in [0.15, 0.2) is 18.2 Å². The van der Waals surface area contributed by atoms with Gasteiger partial charge >= 0.3 is 0 Å². The predicted octanol–water partition coefficient (Wildman–Crippen LogP) is 3.06. The van der Waals surface area contributed by atoms with Crippen molar-refractivity contribution in [3.63, 3.8) is 0 Å². The molecule has 8 heteroatoms. The van der Waals surface area contributed by atoms with E-state index >= 15 is 0 Å². The fourth-order valence-electron chi connectivity index (χ4n) is 3.55. The van der Waals surface area contributed by atoms with E-state index in [1.165, 1.54) is 0 Å². The molecule has 0 bridgehead atoms. The lowest BCUT2D eigenvalue weighted by Gasteiger charge is -2.20. The van der Waals surface area contributed by atoms with Gasteiger partial charge in [0.1, 0.15) is 11.9 Å². The Balaban J connectivity index is 1.43. The number of carbonyl (C=O) groups is 1. The largest absolute Gasteiger partial charge is 0.370 e. The molecule has 1 aromatic heterocycles. The summed E-state index contributed by atoms with van der Waals surface area (Å²) in [6.45, 7) is 2.76. The molecule has 2 aliphatic heterocycles. The molecule has 1 unspecified atom stereocenters. The van der Waals surface area contributed by atoms with Gasteiger partial charge in [-0.25, -0.2) is 0 Å². The fourth-order valence-corrected chi connectivity index (χ4v) is 3.87. The van der Waals surface area contributed by atoms with Gasteiger partial charge in [-0.2, -0.15) is 0 Å². The number of halogens is 2. The van der Waals surface area contributed by atoms with Crippen molar-refractivity contribution in [2.45, 2.75) is 38.3 Å². The first kappa shape index (κ1) is 17.8. The third kappa shape index (κ3) is 3.59. The quantitative estimate of drug-likeness (QED) is 0.802. The molecule has 138 valence electrons. The highest BCUT2D eigenvalue weighted by Crippen LogP contribution is 2.28. The molecule has 0 spiro atoms. The summed E-state index contributed by atoms with van der Waals surface area (Å²) in [5, 5.41) is 9.63. The summed E-state index contributed by atoms with van der Waals surface area (Å²) in [5.41, 5.74) is 0.869. The SMILES string of the molecule is O=C(Cc1ccc(Cl)c(Cl)c1)N1CCc2nnc(C3CCCO3)n2CC1. The summed E-state index contributed by atoms with van der Waals surface area (Å²) < 4.78 is 7.88. The van der Waals surface area contributed by atoms with Gasteiger partial charge in [0.2, 0.25) is 5.91 Å². The first-order valence-electron chi connectivity index (χ1n) is 8.87. The van der Waals surface area contributed by atoms with E-state index in [2.05, 4.69) is 14.8 Å². The molecule has 4 rings (SSSR count). The second kappa shape index (κ2) is 7.55. The van der Waals surface area contributed by atoms with Crippen LogP contribution in [0.5, 0.6) is 0 Å². The lowest BCUT2D eigenvalue weighted by atomic mass is 10.1. The molecule has 0 N–H and O–H groups in total. The number of ether oxygens (including phenoxy) is 1. The lowest BCUT2D eigenvalue weighted by molar-refractivity contribution is -0.130. The first-order chi connectivity index (χ1) is 12.6. The fraction of sp³-hybridized carbons (Fsp3) is 0.500. The monoisotopic (exact) mass is 394 g/mol. The highest BCUT2D eigenvalue weighted by atomic mass is 35.5. The van der Waals surface area contributed by atoms with E-state index in [9.17, 15) is 4.79 Å². The third-order valence-corrected chi connectivity index (χ3v) is 5.70. The topological polar surface area (TPSA) is 60.3 Å². The Hall–Kier alpha value is -1.63. The van der Waals surface area contributed by atoms with Gasteiger partial charge in [0.15, 0.2) is 5.82 Å². The van der Waals surface area contributed by atoms with Crippen LogP contribution in [0.2, 0.25) is 10.0 Å². The van der Waals surface area contributed by atoms with E-state index in [1.807, 2.05) is 11.0 Å². The minimum Gasteiger partial charge on any atom is -0.370 e. The molecule has 2 aromatic rings. The summed E-state index contributed by atoms with van der Waals surface area (Å²) in [7, 11) is 0. The smallest absolute Gasteiger partial charge is 0.227 e. The third-order valence-electron chi connectivity index (χ3n) is 4.96. The summed E-state index contributed by atoms with van der Waals surface area (Å²) in [6, 6.07) is 5.32. The Morgan fingerprint density at radius 2 is 2.08 bits per heavy atom. The van der Waals surface area contributed by atoms with E-state index in [0.29, 0.717) is 42.5 Å². The van der Waals surface area contributed by atoms with Crippen molar-refractivity contribution in [3.8, 4) is 0 Å². The molecular formula is C18H20Cl2N4O2. The zero-order valence-electron chi connectivity index (χ0n) is 14.3. The van der Waals surface area contributed by atoms with Crippen LogP contribution in [-0.2, 0) is 28.9 Å². The van der Waals surface area contributed by atoms with Crippen molar-refractivity contribution in [1.29, 1.82) is 0 Å². The molecule has 1 fully saturated rings. The maximum Gasteiger partial charge on any atom is 0.227 e.